The van der Waals surface area contributed by atoms with E-state index in [0.29, 0.717) is 25.1 Å². The monoisotopic (exact) mass is 665 g/mol. The van der Waals surface area contributed by atoms with Crippen LogP contribution in [0.25, 0.3) is 0 Å². The van der Waals surface area contributed by atoms with Crippen molar-refractivity contribution in [3.63, 3.8) is 0 Å². The van der Waals surface area contributed by atoms with Gasteiger partial charge in [0.1, 0.15) is 24.7 Å². The fraction of sp³-hybridized carbons (Fsp3) is 0.659. The van der Waals surface area contributed by atoms with E-state index in [9.17, 15) is 19.8 Å². The topological polar surface area (TPSA) is 96.3 Å². The molecule has 268 valence electrons. The summed E-state index contributed by atoms with van der Waals surface area (Å²) in [7, 11) is 0. The maximum atomic E-state index is 12.9. The molecule has 1 aliphatic rings. The Hall–Kier alpha value is -3.06. The van der Waals surface area contributed by atoms with Crippen LogP contribution in [0.1, 0.15) is 143 Å². The van der Waals surface area contributed by atoms with E-state index < -0.39 is 0 Å². The lowest BCUT2D eigenvalue weighted by Gasteiger charge is -2.53. The van der Waals surface area contributed by atoms with Gasteiger partial charge in [0.15, 0.2) is 0 Å². The van der Waals surface area contributed by atoms with Crippen LogP contribution < -0.4 is 0 Å². The average molecular weight is 666 g/mol. The molecule has 1 unspecified atom stereocenters. The molecule has 3 rings (SSSR count). The first kappa shape index (κ1) is 39.4. The molecule has 2 N–H and O–H groups in total. The summed E-state index contributed by atoms with van der Waals surface area (Å²) in [5, 5.41) is 21.3. The Morgan fingerprint density at radius 3 is 1.77 bits per heavy atom. The summed E-state index contributed by atoms with van der Waals surface area (Å²) in [5.74, 6) is 0.125. The maximum absolute atomic E-state index is 12.9. The van der Waals surface area contributed by atoms with Gasteiger partial charge >= 0.3 is 11.9 Å². The number of phenols is 2. The molecular weight excluding hydrogens is 602 g/mol. The van der Waals surface area contributed by atoms with E-state index in [-0.39, 0.29) is 71.1 Å². The Morgan fingerprint density at radius 1 is 0.729 bits per heavy atom. The number of piperidine rings is 1. The van der Waals surface area contributed by atoms with Crippen LogP contribution >= 0.6 is 0 Å². The molecule has 0 saturated carbocycles. The zero-order valence-corrected chi connectivity index (χ0v) is 31.9. The van der Waals surface area contributed by atoms with Crippen LogP contribution in [-0.2, 0) is 48.1 Å². The van der Waals surface area contributed by atoms with Crippen molar-refractivity contribution >= 4 is 11.9 Å². The Labute approximate surface area is 290 Å². The Bertz CT molecular complexity index is 1400. The van der Waals surface area contributed by atoms with Gasteiger partial charge in [-0.15, -0.1) is 0 Å². The van der Waals surface area contributed by atoms with Crippen molar-refractivity contribution in [3.05, 3.63) is 58.1 Å². The molecule has 0 aromatic heterocycles. The van der Waals surface area contributed by atoms with Gasteiger partial charge in [-0.3, -0.25) is 14.5 Å². The van der Waals surface area contributed by atoms with E-state index in [4.69, 9.17) is 9.47 Å². The number of nitrogens with zero attached hydrogens (tertiary/aromatic N) is 1. The Balaban J connectivity index is 1.58. The summed E-state index contributed by atoms with van der Waals surface area (Å²) >= 11 is 0. The van der Waals surface area contributed by atoms with Gasteiger partial charge in [-0.25, -0.2) is 0 Å². The first-order chi connectivity index (χ1) is 21.9. The molecule has 0 radical (unpaired) electrons. The van der Waals surface area contributed by atoms with Crippen LogP contribution in [0.4, 0.5) is 0 Å². The summed E-state index contributed by atoms with van der Waals surface area (Å²) in [6.45, 7) is 26.3. The molecule has 1 atom stereocenters. The number of rotatable bonds is 11. The van der Waals surface area contributed by atoms with Gasteiger partial charge in [0.2, 0.25) is 0 Å². The highest BCUT2D eigenvalue weighted by Crippen LogP contribution is 2.41. The molecule has 7 nitrogen and oxygen atoms in total. The van der Waals surface area contributed by atoms with E-state index in [2.05, 4.69) is 88.0 Å². The number of benzene rings is 2. The first-order valence-electron chi connectivity index (χ1n) is 17.7. The minimum Gasteiger partial charge on any atom is -0.508 e. The minimum atomic E-state index is -0.374. The van der Waals surface area contributed by atoms with E-state index in [1.807, 2.05) is 24.3 Å². The fourth-order valence-corrected chi connectivity index (χ4v) is 7.07. The van der Waals surface area contributed by atoms with Gasteiger partial charge in [0, 0.05) is 24.9 Å². The van der Waals surface area contributed by atoms with Crippen molar-refractivity contribution in [3.8, 4) is 11.5 Å². The van der Waals surface area contributed by atoms with Crippen LogP contribution in [0.2, 0.25) is 0 Å². The lowest BCUT2D eigenvalue weighted by atomic mass is 9.78. The number of hydrogen-bond donors (Lipinski definition) is 2. The highest BCUT2D eigenvalue weighted by Gasteiger charge is 2.44. The van der Waals surface area contributed by atoms with Gasteiger partial charge in [0.05, 0.1) is 5.54 Å². The summed E-state index contributed by atoms with van der Waals surface area (Å²) < 4.78 is 11.7. The van der Waals surface area contributed by atoms with Crippen molar-refractivity contribution in [1.29, 1.82) is 0 Å². The highest BCUT2D eigenvalue weighted by atomic mass is 16.5. The molecule has 48 heavy (non-hydrogen) atoms. The third-order valence-electron chi connectivity index (χ3n) is 9.90. The summed E-state index contributed by atoms with van der Waals surface area (Å²) in [5.41, 5.74) is 3.49. The first-order valence-corrected chi connectivity index (χ1v) is 17.7. The van der Waals surface area contributed by atoms with E-state index in [1.54, 1.807) is 6.07 Å². The fourth-order valence-electron chi connectivity index (χ4n) is 7.07. The molecule has 0 amide bonds. The average Bonchev–Trinajstić information content (AvgIpc) is 2.94. The standard InChI is InChI=1S/C41H63NO6/c1-37(2,3)30-24-28(14-17-33(30)43)15-18-35(45)48-27-41(12)21-13-20-40(10,11)42(41)22-23-47-34(44)19-16-29-25-31(38(4,5)6)36(46)32(26-29)39(7,8)9/h14,17,24-26,43,46H,13,15-16,18-23,27H2,1-12H3. The summed E-state index contributed by atoms with van der Waals surface area (Å²) in [4.78, 5) is 28.2. The van der Waals surface area contributed by atoms with Gasteiger partial charge < -0.3 is 19.7 Å². The van der Waals surface area contributed by atoms with Crippen molar-refractivity contribution in [2.24, 2.45) is 0 Å². The third-order valence-corrected chi connectivity index (χ3v) is 9.90. The molecule has 0 aliphatic carbocycles. The molecule has 1 heterocycles. The van der Waals surface area contributed by atoms with E-state index in [0.717, 1.165) is 47.1 Å². The number of esters is 2. The summed E-state index contributed by atoms with van der Waals surface area (Å²) in [6.07, 6.45) is 4.53. The number of carbonyl (C=O) groups is 2. The van der Waals surface area contributed by atoms with Gasteiger partial charge in [-0.1, -0.05) is 86.6 Å². The minimum absolute atomic E-state index is 0.139. The molecule has 0 spiro atoms. The van der Waals surface area contributed by atoms with Crippen LogP contribution in [0.3, 0.4) is 0 Å². The van der Waals surface area contributed by atoms with Crippen LogP contribution in [-0.4, -0.2) is 57.9 Å². The zero-order chi connectivity index (χ0) is 36.3. The smallest absolute Gasteiger partial charge is 0.306 e. The molecule has 7 heteroatoms. The molecular formula is C41H63NO6. The summed E-state index contributed by atoms with van der Waals surface area (Å²) in [6, 6.07) is 9.59. The SMILES string of the molecule is CC(C)(C)c1cc(CCC(=O)OCC2(C)CCCC(C)(C)N2CCOC(=O)CCc2cc(C(C)(C)C)c(O)c(C(C)(C)C)c2)ccc1O. The molecule has 1 aliphatic heterocycles. The lowest BCUT2D eigenvalue weighted by molar-refractivity contribution is -0.154. The van der Waals surface area contributed by atoms with Crippen LogP contribution in [0.5, 0.6) is 11.5 Å². The molecule has 2 aromatic carbocycles. The zero-order valence-electron chi connectivity index (χ0n) is 31.9. The Morgan fingerprint density at radius 2 is 1.23 bits per heavy atom. The number of carbonyl (C=O) groups excluding carboxylic acids is 2. The van der Waals surface area contributed by atoms with Crippen molar-refractivity contribution in [2.75, 3.05) is 19.8 Å². The number of aromatic hydroxyl groups is 2. The van der Waals surface area contributed by atoms with Gasteiger partial charge in [0.25, 0.3) is 0 Å². The van der Waals surface area contributed by atoms with Gasteiger partial charge in [-0.05, 0) is 103 Å². The van der Waals surface area contributed by atoms with E-state index >= 15 is 0 Å². The molecule has 1 fully saturated rings. The molecule has 1 saturated heterocycles. The molecule has 2 aromatic rings. The number of likely N-dealkylation sites (tertiary alicyclic amines) is 1. The highest BCUT2D eigenvalue weighted by molar-refractivity contribution is 5.70. The number of phenolic OH excluding ortho intramolecular Hbond substituents is 2. The quantitative estimate of drug-likeness (QED) is 0.232. The second-order valence-corrected chi connectivity index (χ2v) is 17.8. The predicted molar refractivity (Wildman–Crippen MR) is 194 cm³/mol. The van der Waals surface area contributed by atoms with Crippen molar-refractivity contribution in [1.82, 2.24) is 4.90 Å². The maximum Gasteiger partial charge on any atom is 0.306 e. The number of ether oxygens (including phenoxy) is 2. The predicted octanol–water partition coefficient (Wildman–Crippen LogP) is 8.67. The second-order valence-electron chi connectivity index (χ2n) is 17.8. The largest absolute Gasteiger partial charge is 0.508 e. The normalized spacial score (nSPS) is 18.8. The van der Waals surface area contributed by atoms with Crippen molar-refractivity contribution < 1.29 is 29.3 Å². The van der Waals surface area contributed by atoms with Crippen molar-refractivity contribution in [2.45, 2.75) is 155 Å². The second kappa shape index (κ2) is 14.8. The van der Waals surface area contributed by atoms with Crippen LogP contribution in [0.15, 0.2) is 30.3 Å². The molecule has 0 bridgehead atoms. The third kappa shape index (κ3) is 10.2. The number of hydrogen-bond acceptors (Lipinski definition) is 7. The van der Waals surface area contributed by atoms with Crippen LogP contribution in [0, 0.1) is 0 Å². The van der Waals surface area contributed by atoms with Gasteiger partial charge in [-0.2, -0.15) is 0 Å². The Kier molecular flexibility index (Phi) is 12.2. The lowest BCUT2D eigenvalue weighted by Crippen LogP contribution is -2.62. The van der Waals surface area contributed by atoms with E-state index in [1.165, 1.54) is 0 Å². The number of aryl methyl sites for hydroxylation is 2.